The van der Waals surface area contributed by atoms with E-state index in [0.29, 0.717) is 39.3 Å². The third-order valence-corrected chi connectivity index (χ3v) is 10.7. The van der Waals surface area contributed by atoms with Crippen molar-refractivity contribution >= 4 is 37.3 Å². The maximum Gasteiger partial charge on any atom is 0.127 e. The highest BCUT2D eigenvalue weighted by Gasteiger charge is 2.07. The van der Waals surface area contributed by atoms with Crippen molar-refractivity contribution < 1.29 is 14.2 Å². The van der Waals surface area contributed by atoms with Crippen LogP contribution in [0.5, 0.6) is 34.5 Å². The molecule has 11 nitrogen and oxygen atoms in total. The summed E-state index contributed by atoms with van der Waals surface area (Å²) >= 11 is 0. The van der Waals surface area contributed by atoms with Crippen LogP contribution in [0.25, 0.3) is 0 Å². The summed E-state index contributed by atoms with van der Waals surface area (Å²) in [5.41, 5.74) is 6.08. The molecule has 0 aliphatic carbocycles. The van der Waals surface area contributed by atoms with Gasteiger partial charge in [-0.3, -0.25) is 39.8 Å². The average Bonchev–Trinajstić information content (AvgIpc) is 3.34. The highest BCUT2D eigenvalue weighted by Crippen LogP contribution is 2.24. The van der Waals surface area contributed by atoms with Gasteiger partial charge in [-0.15, -0.1) is 0 Å². The van der Waals surface area contributed by atoms with Crippen molar-refractivity contribution in [2.75, 3.05) is 78.5 Å². The minimum Gasteiger partial charge on any atom is -0.457 e. The number of benzene rings is 6. The van der Waals surface area contributed by atoms with E-state index in [2.05, 4.69) is 9.80 Å². The summed E-state index contributed by atoms with van der Waals surface area (Å²) in [4.78, 5) is 33.3. The Morgan fingerprint density at radius 2 is 0.385 bits per heavy atom. The van der Waals surface area contributed by atoms with E-state index in [9.17, 15) is 0 Å². The Bertz CT molecular complexity index is 2090. The van der Waals surface area contributed by atoms with Gasteiger partial charge in [-0.1, -0.05) is 0 Å². The molecule has 0 unspecified atom stereocenters. The van der Waals surface area contributed by atoms with Crippen LogP contribution in [0, 0.1) is 0 Å². The predicted molar refractivity (Wildman–Crippen MR) is 267 cm³/mol. The van der Waals surface area contributed by atoms with Crippen LogP contribution in [0.1, 0.15) is 33.4 Å². The molecule has 6 aromatic carbocycles. The van der Waals surface area contributed by atoms with Crippen LogP contribution in [0.4, 0.5) is 0 Å². The van der Waals surface area contributed by atoms with E-state index in [1.54, 1.807) is 0 Å². The maximum atomic E-state index is 6.16. The summed E-state index contributed by atoms with van der Waals surface area (Å²) in [6, 6.07) is 47.9. The van der Waals surface area contributed by atoms with Crippen LogP contribution in [0.2, 0.25) is 0 Å². The fourth-order valence-corrected chi connectivity index (χ4v) is 7.03. The minimum atomic E-state index is 0.648. The summed E-state index contributed by atoms with van der Waals surface area (Å²) in [5.74, 6) is 4.59. The molecule has 11 heteroatoms. The predicted octanol–water partition coefficient (Wildman–Crippen LogP) is 9.61. The van der Waals surface area contributed by atoms with Gasteiger partial charge in [-0.2, -0.15) is 0 Å². The van der Waals surface area contributed by atoms with Crippen LogP contribution in [0.15, 0.2) is 176 Å². The van der Waals surface area contributed by atoms with Gasteiger partial charge in [0.15, 0.2) is 0 Å². The zero-order chi connectivity index (χ0) is 44.1. The molecule has 0 radical (unpaired) electrons. The van der Waals surface area contributed by atoms with E-state index in [-0.39, 0.29) is 0 Å². The second kappa shape index (κ2) is 23.9. The van der Waals surface area contributed by atoms with Gasteiger partial charge in [0.2, 0.25) is 0 Å². The highest BCUT2D eigenvalue weighted by molar-refractivity contribution is 5.82. The van der Waals surface area contributed by atoms with Crippen molar-refractivity contribution in [1.29, 1.82) is 0 Å². The molecule has 328 valence electrons. The first-order valence-corrected chi connectivity index (χ1v) is 22.2. The van der Waals surface area contributed by atoms with Gasteiger partial charge in [0.1, 0.15) is 34.5 Å². The molecule has 21 aliphatic rings. The quantitative estimate of drug-likeness (QED) is 0.151. The molecule has 0 fully saturated rings. The van der Waals surface area contributed by atoms with Crippen molar-refractivity contribution in [2.24, 2.45) is 30.0 Å². The summed E-state index contributed by atoms with van der Waals surface area (Å²) in [5, 5.41) is 0. The molecule has 21 heterocycles. The van der Waals surface area contributed by atoms with Crippen molar-refractivity contribution in [2.45, 2.75) is 0 Å². The third-order valence-electron chi connectivity index (χ3n) is 10.7. The lowest BCUT2D eigenvalue weighted by molar-refractivity contribution is 0.298. The smallest absolute Gasteiger partial charge is 0.127 e. The molecule has 21 aliphatic heterocycles. The number of hydrogen-bond donors (Lipinski definition) is 0. The highest BCUT2D eigenvalue weighted by atomic mass is 16.5. The molecule has 0 saturated heterocycles. The monoisotopic (exact) mass is 862 g/mol. The molecule has 0 N–H and O–H groups in total. The Kier molecular flexibility index (Phi) is 16.3. The number of rotatable bonds is 0. The Balaban J connectivity index is 1.04. The lowest BCUT2D eigenvalue weighted by Crippen LogP contribution is -2.31. The fourth-order valence-electron chi connectivity index (χ4n) is 7.03. The van der Waals surface area contributed by atoms with Crippen LogP contribution >= 0.6 is 0 Å². The van der Waals surface area contributed by atoms with Gasteiger partial charge in [-0.25, -0.2) is 0 Å². The Morgan fingerprint density at radius 3 is 0.538 bits per heavy atom. The van der Waals surface area contributed by atoms with Crippen LogP contribution in [0.3, 0.4) is 0 Å². The summed E-state index contributed by atoms with van der Waals surface area (Å²) in [6.45, 7) is 8.56. The Labute approximate surface area is 382 Å². The Morgan fingerprint density at radius 1 is 0.231 bits per heavy atom. The maximum absolute atomic E-state index is 6.16. The van der Waals surface area contributed by atoms with Crippen molar-refractivity contribution in [3.63, 3.8) is 0 Å². The molecular weight excluding hydrogens is 809 g/mol. The molecule has 14 bridgehead atoms. The number of hydrogen-bond acceptors (Lipinski definition) is 11. The first-order chi connectivity index (χ1) is 32.1. The van der Waals surface area contributed by atoms with E-state index >= 15 is 0 Å². The topological polar surface area (TPSA) is 108 Å². The van der Waals surface area contributed by atoms with E-state index < -0.39 is 0 Å². The van der Waals surface area contributed by atoms with E-state index in [4.69, 9.17) is 44.2 Å². The normalized spacial score (nSPS) is 17.7. The molecule has 0 spiro atoms. The molecule has 6 aromatic rings. The van der Waals surface area contributed by atoms with Gasteiger partial charge in [0.25, 0.3) is 0 Å². The van der Waals surface area contributed by atoms with Gasteiger partial charge in [0.05, 0.1) is 39.3 Å². The fraction of sp³-hybridized carbons (Fsp3) is 0.222. The molecule has 0 amide bonds. The first kappa shape index (κ1) is 44.3. The van der Waals surface area contributed by atoms with E-state index in [0.717, 1.165) is 107 Å². The second-order valence-corrected chi connectivity index (χ2v) is 15.6. The van der Waals surface area contributed by atoms with Gasteiger partial charge in [-0.05, 0) is 179 Å². The van der Waals surface area contributed by atoms with Crippen LogP contribution in [-0.4, -0.2) is 126 Å². The van der Waals surface area contributed by atoms with Crippen molar-refractivity contribution in [3.05, 3.63) is 179 Å². The molecule has 65 heavy (non-hydrogen) atoms. The summed E-state index contributed by atoms with van der Waals surface area (Å²) < 4.78 is 18.5. The SMILES string of the molecule is C1=NCCN2CCN=Cc3ccc(cc3)Oc3ccc(cc3)C=NCCN(CCN=Cc3ccc(cc3)Oc3ccc1cc3)CCN=Cc1ccc(cc1)Oc1ccc(cc1)C=NCC2. The lowest BCUT2D eigenvalue weighted by atomic mass is 10.2. The largest absolute Gasteiger partial charge is 0.457 e. The number of aliphatic imine (C=N–C) groups is 6. The third kappa shape index (κ3) is 14.9. The zero-order valence-corrected chi connectivity index (χ0v) is 36.6. The lowest BCUT2D eigenvalue weighted by Gasteiger charge is -2.19. The van der Waals surface area contributed by atoms with Gasteiger partial charge < -0.3 is 14.2 Å². The van der Waals surface area contributed by atoms with Crippen molar-refractivity contribution in [3.8, 4) is 34.5 Å². The van der Waals surface area contributed by atoms with Crippen molar-refractivity contribution in [1.82, 2.24) is 9.80 Å². The molecule has 0 atom stereocenters. The molecule has 27 rings (SSSR count). The first-order valence-electron chi connectivity index (χ1n) is 22.2. The zero-order valence-electron chi connectivity index (χ0n) is 36.6. The molecule has 0 aromatic heterocycles. The number of nitrogens with zero attached hydrogens (tertiary/aromatic N) is 8. The van der Waals surface area contributed by atoms with Gasteiger partial charge >= 0.3 is 0 Å². The van der Waals surface area contributed by atoms with E-state index in [1.165, 1.54) is 0 Å². The molecule has 0 saturated carbocycles. The Hall–Kier alpha value is -7.34. The average molecular weight is 863 g/mol. The van der Waals surface area contributed by atoms with Crippen LogP contribution in [-0.2, 0) is 0 Å². The number of ether oxygens (including phenoxy) is 3. The van der Waals surface area contributed by atoms with E-state index in [1.807, 2.05) is 183 Å². The summed E-state index contributed by atoms with van der Waals surface area (Å²) in [7, 11) is 0. The van der Waals surface area contributed by atoms with Crippen LogP contribution < -0.4 is 14.2 Å². The standard InChI is InChI=1S/C54H54N8O3/c1-13-49-14-2-43(1)37-55-25-31-61-32-26-56-39-45-5-17-51(18-6-45)64-53-21-9-47(10-22-53)41-59-29-35-62(34-28-58-38-44-3-15-50(63-49)16-4-44)36-30-60-42-48-11-23-54(24-12-48)65-52-19-7-46(8-20-52)40-57-27-33-61/h1-24,37-42H,25-36H2. The molecular formula is C54H54N8O3. The second-order valence-electron chi connectivity index (χ2n) is 15.6. The van der Waals surface area contributed by atoms with Gasteiger partial charge in [0, 0.05) is 76.6 Å². The minimum absolute atomic E-state index is 0.648. The summed E-state index contributed by atoms with van der Waals surface area (Å²) in [6.07, 6.45) is 11.5.